The third kappa shape index (κ3) is 5.05. The topological polar surface area (TPSA) is 107 Å². The summed E-state index contributed by atoms with van der Waals surface area (Å²) in [5.74, 6) is -0.769. The quantitative estimate of drug-likeness (QED) is 0.599. The second-order valence-electron chi connectivity index (χ2n) is 7.38. The summed E-state index contributed by atoms with van der Waals surface area (Å²) in [5, 5.41) is 3.08. The molecule has 4 rings (SSSR count). The largest absolute Gasteiger partial charge is 0.464 e. The Labute approximate surface area is 183 Å². The summed E-state index contributed by atoms with van der Waals surface area (Å²) in [6.07, 6.45) is 0.366. The summed E-state index contributed by atoms with van der Waals surface area (Å²) < 4.78 is 30.0. The smallest absolute Gasteiger partial charge is 0.314 e. The Kier molecular flexibility index (Phi) is 5.97. The van der Waals surface area contributed by atoms with Crippen molar-refractivity contribution in [2.24, 2.45) is 0 Å². The number of sulfone groups is 1. The number of nitrogens with one attached hydrogen (secondary N) is 1. The van der Waals surface area contributed by atoms with Crippen LogP contribution in [0.3, 0.4) is 0 Å². The lowest BCUT2D eigenvalue weighted by molar-refractivity contribution is -0.123. The number of hydrogen-bond acceptors (Lipinski definition) is 6. The standard InChI is InChI=1S/C21H20ClN3O5S/c22-15-6-7-18-17(10-15)24-20(21(27)25(18)11-14-4-2-1-3-5-14)30-12-19(26)23-16-8-9-31(28,29)13-16/h1-7,10,16H,8-9,11-13H2,(H,23,26). The highest BCUT2D eigenvalue weighted by atomic mass is 35.5. The highest BCUT2D eigenvalue weighted by molar-refractivity contribution is 7.91. The molecule has 10 heteroatoms. The Morgan fingerprint density at radius 2 is 2.00 bits per heavy atom. The molecule has 162 valence electrons. The van der Waals surface area contributed by atoms with Crippen molar-refractivity contribution in [2.45, 2.75) is 19.0 Å². The van der Waals surface area contributed by atoms with Gasteiger partial charge in [0, 0.05) is 11.1 Å². The van der Waals surface area contributed by atoms with Crippen LogP contribution in [0, 0.1) is 0 Å². The third-order valence-electron chi connectivity index (χ3n) is 5.00. The number of ether oxygens (including phenoxy) is 1. The van der Waals surface area contributed by atoms with Crippen LogP contribution < -0.4 is 15.6 Å². The SMILES string of the molecule is O=C(COc1nc2cc(Cl)ccc2n(Cc2ccccc2)c1=O)NC1CCS(=O)(=O)C1. The first-order valence-electron chi connectivity index (χ1n) is 9.67. The van der Waals surface area contributed by atoms with Crippen molar-refractivity contribution in [3.8, 4) is 5.88 Å². The Balaban J connectivity index is 1.58. The van der Waals surface area contributed by atoms with E-state index in [2.05, 4.69) is 10.3 Å². The molecule has 2 aromatic carbocycles. The van der Waals surface area contributed by atoms with Gasteiger partial charge in [0.2, 0.25) is 0 Å². The van der Waals surface area contributed by atoms with Crippen molar-refractivity contribution in [3.05, 3.63) is 69.5 Å². The molecule has 3 aromatic rings. The van der Waals surface area contributed by atoms with Crippen molar-refractivity contribution in [1.29, 1.82) is 0 Å². The van der Waals surface area contributed by atoms with E-state index in [9.17, 15) is 18.0 Å². The molecular formula is C21H20ClN3O5S. The first kappa shape index (κ1) is 21.3. The predicted octanol–water partition coefficient (Wildman–Crippen LogP) is 1.78. The first-order valence-corrected chi connectivity index (χ1v) is 11.9. The van der Waals surface area contributed by atoms with Crippen LogP contribution in [0.25, 0.3) is 11.0 Å². The minimum Gasteiger partial charge on any atom is -0.464 e. The van der Waals surface area contributed by atoms with Gasteiger partial charge in [-0.05, 0) is 30.2 Å². The van der Waals surface area contributed by atoms with Crippen LogP contribution in [0.4, 0.5) is 0 Å². The summed E-state index contributed by atoms with van der Waals surface area (Å²) in [6.45, 7) is -0.154. The van der Waals surface area contributed by atoms with E-state index in [1.807, 2.05) is 30.3 Å². The first-order chi connectivity index (χ1) is 14.8. The monoisotopic (exact) mass is 461 g/mol. The molecule has 2 heterocycles. The number of aromatic nitrogens is 2. The molecular weight excluding hydrogens is 442 g/mol. The average molecular weight is 462 g/mol. The molecule has 1 aromatic heterocycles. The van der Waals surface area contributed by atoms with Crippen LogP contribution in [-0.2, 0) is 21.2 Å². The van der Waals surface area contributed by atoms with Crippen molar-refractivity contribution in [3.63, 3.8) is 0 Å². The van der Waals surface area contributed by atoms with Crippen LogP contribution in [0.5, 0.6) is 5.88 Å². The molecule has 1 aliphatic heterocycles. The summed E-state index contributed by atoms with van der Waals surface area (Å²) >= 11 is 6.09. The van der Waals surface area contributed by atoms with Crippen LogP contribution in [0.2, 0.25) is 5.02 Å². The Morgan fingerprint density at radius 3 is 2.71 bits per heavy atom. The maximum atomic E-state index is 13.0. The Hall–Kier alpha value is -2.91. The van der Waals surface area contributed by atoms with Gasteiger partial charge in [-0.25, -0.2) is 13.4 Å². The van der Waals surface area contributed by atoms with Gasteiger partial charge < -0.3 is 10.1 Å². The van der Waals surface area contributed by atoms with E-state index in [-0.39, 0.29) is 17.4 Å². The molecule has 0 spiro atoms. The number of halogens is 1. The van der Waals surface area contributed by atoms with Gasteiger partial charge >= 0.3 is 5.56 Å². The molecule has 0 saturated carbocycles. The van der Waals surface area contributed by atoms with Crippen molar-refractivity contribution in [1.82, 2.24) is 14.9 Å². The molecule has 1 atom stereocenters. The fraction of sp³-hybridized carbons (Fsp3) is 0.286. The van der Waals surface area contributed by atoms with E-state index in [1.165, 1.54) is 4.57 Å². The van der Waals surface area contributed by atoms with Crippen LogP contribution in [0.1, 0.15) is 12.0 Å². The minimum atomic E-state index is -3.11. The van der Waals surface area contributed by atoms with E-state index in [4.69, 9.17) is 16.3 Å². The van der Waals surface area contributed by atoms with E-state index < -0.39 is 34.0 Å². The molecule has 1 aliphatic rings. The van der Waals surface area contributed by atoms with Gasteiger partial charge in [0.05, 0.1) is 29.1 Å². The van der Waals surface area contributed by atoms with Crippen molar-refractivity contribution < 1.29 is 17.9 Å². The van der Waals surface area contributed by atoms with E-state index in [0.717, 1.165) is 5.56 Å². The van der Waals surface area contributed by atoms with Gasteiger partial charge in [0.15, 0.2) is 16.4 Å². The van der Waals surface area contributed by atoms with Gasteiger partial charge in [0.25, 0.3) is 11.8 Å². The fourth-order valence-corrected chi connectivity index (χ4v) is 5.37. The number of carbonyl (C=O) groups is 1. The lowest BCUT2D eigenvalue weighted by Crippen LogP contribution is -2.39. The van der Waals surface area contributed by atoms with E-state index in [0.29, 0.717) is 29.0 Å². The molecule has 31 heavy (non-hydrogen) atoms. The number of hydrogen-bond donors (Lipinski definition) is 1. The molecule has 0 radical (unpaired) electrons. The van der Waals surface area contributed by atoms with Gasteiger partial charge in [-0.3, -0.25) is 14.2 Å². The molecule has 1 saturated heterocycles. The van der Waals surface area contributed by atoms with Gasteiger partial charge in [0.1, 0.15) is 0 Å². The molecule has 1 N–H and O–H groups in total. The summed E-state index contributed by atoms with van der Waals surface area (Å²) in [5.41, 5.74) is 1.49. The number of benzene rings is 2. The van der Waals surface area contributed by atoms with E-state index in [1.54, 1.807) is 18.2 Å². The number of fused-ring (bicyclic) bond motifs is 1. The highest BCUT2D eigenvalue weighted by Crippen LogP contribution is 2.19. The maximum Gasteiger partial charge on any atom is 0.314 e. The second-order valence-corrected chi connectivity index (χ2v) is 10.0. The minimum absolute atomic E-state index is 0.0516. The highest BCUT2D eigenvalue weighted by Gasteiger charge is 2.29. The molecule has 1 fully saturated rings. The number of nitrogens with zero attached hydrogens (tertiary/aromatic N) is 2. The summed E-state index contributed by atoms with van der Waals surface area (Å²) in [6, 6.07) is 14.0. The fourth-order valence-electron chi connectivity index (χ4n) is 3.53. The zero-order chi connectivity index (χ0) is 22.0. The maximum absolute atomic E-state index is 13.0. The lowest BCUT2D eigenvalue weighted by atomic mass is 10.2. The van der Waals surface area contributed by atoms with Crippen LogP contribution in [-0.4, -0.2) is 48.0 Å². The normalized spacial score (nSPS) is 17.5. The van der Waals surface area contributed by atoms with Gasteiger partial charge in [-0.15, -0.1) is 0 Å². The second kappa shape index (κ2) is 8.68. The average Bonchev–Trinajstić information content (AvgIpc) is 3.07. The van der Waals surface area contributed by atoms with E-state index >= 15 is 0 Å². The molecule has 0 aliphatic carbocycles. The predicted molar refractivity (Wildman–Crippen MR) is 117 cm³/mol. The van der Waals surface area contributed by atoms with Crippen molar-refractivity contribution >= 4 is 38.4 Å². The molecule has 0 bridgehead atoms. The summed E-state index contributed by atoms with van der Waals surface area (Å²) in [7, 11) is -3.11. The zero-order valence-electron chi connectivity index (χ0n) is 16.5. The summed E-state index contributed by atoms with van der Waals surface area (Å²) in [4.78, 5) is 29.5. The molecule has 1 unspecified atom stereocenters. The number of amides is 1. The van der Waals surface area contributed by atoms with Gasteiger partial charge in [-0.1, -0.05) is 41.9 Å². The van der Waals surface area contributed by atoms with Crippen LogP contribution in [0.15, 0.2) is 53.3 Å². The Morgan fingerprint density at radius 1 is 1.23 bits per heavy atom. The Bertz CT molecular complexity index is 1290. The van der Waals surface area contributed by atoms with Crippen molar-refractivity contribution in [2.75, 3.05) is 18.1 Å². The lowest BCUT2D eigenvalue weighted by Gasteiger charge is -2.14. The molecule has 1 amide bonds. The third-order valence-corrected chi connectivity index (χ3v) is 7.00. The van der Waals surface area contributed by atoms with Gasteiger partial charge in [-0.2, -0.15) is 0 Å². The van der Waals surface area contributed by atoms with Crippen LogP contribution >= 0.6 is 11.6 Å². The number of rotatable bonds is 6. The molecule has 8 nitrogen and oxygen atoms in total. The number of carbonyl (C=O) groups excluding carboxylic acids is 1. The zero-order valence-corrected chi connectivity index (χ0v) is 18.0.